The van der Waals surface area contributed by atoms with Gasteiger partial charge in [0.25, 0.3) is 5.56 Å². The third kappa shape index (κ3) is 4.05. The number of nitrogens with zero attached hydrogens (tertiary/aromatic N) is 2. The quantitative estimate of drug-likeness (QED) is 0.366. The highest BCUT2D eigenvalue weighted by Gasteiger charge is 2.16. The smallest absolute Gasteiger partial charge is 0.250 e. The molecule has 0 aliphatic carbocycles. The third-order valence-corrected chi connectivity index (χ3v) is 5.28. The summed E-state index contributed by atoms with van der Waals surface area (Å²) in [6.07, 6.45) is 4.72. The van der Waals surface area contributed by atoms with Crippen LogP contribution >= 0.6 is 0 Å². The van der Waals surface area contributed by atoms with E-state index in [9.17, 15) is 9.59 Å². The molecule has 0 aliphatic heterocycles. The minimum Gasteiger partial charge on any atom is -0.497 e. The van der Waals surface area contributed by atoms with E-state index in [0.717, 1.165) is 16.5 Å². The van der Waals surface area contributed by atoms with Gasteiger partial charge < -0.3 is 14.5 Å². The van der Waals surface area contributed by atoms with Crippen LogP contribution < -0.4 is 15.0 Å². The first-order valence-electron chi connectivity index (χ1n) is 10.0. The van der Waals surface area contributed by atoms with E-state index in [1.165, 1.54) is 18.3 Å². The van der Waals surface area contributed by atoms with Crippen LogP contribution in [0.2, 0.25) is 0 Å². The van der Waals surface area contributed by atoms with Gasteiger partial charge in [-0.15, -0.1) is 0 Å². The molecule has 0 radical (unpaired) electrons. The highest BCUT2D eigenvalue weighted by atomic mass is 16.5. The van der Waals surface area contributed by atoms with Crippen LogP contribution in [0.5, 0.6) is 11.5 Å². The summed E-state index contributed by atoms with van der Waals surface area (Å²) in [5.41, 5.74) is 4.05. The number of aromatic nitrogens is 3. The lowest BCUT2D eigenvalue weighted by molar-refractivity contribution is 0.104. The maximum absolute atomic E-state index is 12.9. The van der Waals surface area contributed by atoms with Gasteiger partial charge in [-0.05, 0) is 49.8 Å². The van der Waals surface area contributed by atoms with Crippen molar-refractivity contribution in [3.8, 4) is 17.2 Å². The Morgan fingerprint density at radius 2 is 1.75 bits per heavy atom. The van der Waals surface area contributed by atoms with Gasteiger partial charge in [-0.1, -0.05) is 17.7 Å². The number of rotatable bonds is 6. The van der Waals surface area contributed by atoms with E-state index in [2.05, 4.69) is 10.1 Å². The van der Waals surface area contributed by atoms with E-state index >= 15 is 0 Å². The number of hydrogen-bond acceptors (Lipinski definition) is 5. The Hall–Kier alpha value is -4.13. The zero-order valence-electron chi connectivity index (χ0n) is 18.3. The standard InChI is InChI=1S/C25H23N3O4/c1-15-5-7-22-20(9-15)23(13-25(30)27-22)28-16(2)21(14-26-28)24(29)8-6-17-10-18(31-3)12-19(11-17)32-4/h5-14H,1-4H3,(H,27,30)/b8-6+. The van der Waals surface area contributed by atoms with Gasteiger partial charge in [-0.3, -0.25) is 9.59 Å². The summed E-state index contributed by atoms with van der Waals surface area (Å²) in [5, 5.41) is 5.26. The molecule has 32 heavy (non-hydrogen) atoms. The van der Waals surface area contributed by atoms with E-state index in [-0.39, 0.29) is 11.3 Å². The molecule has 2 aromatic heterocycles. The topological polar surface area (TPSA) is 86.2 Å². The SMILES string of the molecule is COc1cc(/C=C/C(=O)c2cnn(-c3cc(=O)[nH]c4ccc(C)cc34)c2C)cc(OC)c1. The van der Waals surface area contributed by atoms with Gasteiger partial charge in [-0.2, -0.15) is 5.10 Å². The van der Waals surface area contributed by atoms with Crippen LogP contribution in [0.4, 0.5) is 0 Å². The molecule has 162 valence electrons. The maximum Gasteiger partial charge on any atom is 0.250 e. The molecule has 0 saturated heterocycles. The number of aryl methyl sites for hydroxylation is 1. The van der Waals surface area contributed by atoms with Gasteiger partial charge in [0, 0.05) is 17.5 Å². The van der Waals surface area contributed by atoms with Crippen molar-refractivity contribution < 1.29 is 14.3 Å². The molecular weight excluding hydrogens is 406 g/mol. The first-order chi connectivity index (χ1) is 15.4. The maximum atomic E-state index is 12.9. The number of pyridine rings is 1. The van der Waals surface area contributed by atoms with Gasteiger partial charge in [0.2, 0.25) is 0 Å². The first kappa shape index (κ1) is 21.1. The molecular formula is C25H23N3O4. The Morgan fingerprint density at radius 3 is 2.44 bits per heavy atom. The van der Waals surface area contributed by atoms with Crippen molar-refractivity contribution in [3.63, 3.8) is 0 Å². The Balaban J connectivity index is 1.71. The van der Waals surface area contributed by atoms with Crippen molar-refractivity contribution in [3.05, 3.63) is 87.5 Å². The fraction of sp³-hybridized carbons (Fsp3) is 0.160. The minimum absolute atomic E-state index is 0.194. The zero-order chi connectivity index (χ0) is 22.8. The van der Waals surface area contributed by atoms with Crippen LogP contribution in [0.25, 0.3) is 22.7 Å². The highest BCUT2D eigenvalue weighted by molar-refractivity contribution is 6.07. The number of carbonyl (C=O) groups is 1. The summed E-state index contributed by atoms with van der Waals surface area (Å²) in [5.74, 6) is 1.08. The fourth-order valence-corrected chi connectivity index (χ4v) is 3.61. The summed E-state index contributed by atoms with van der Waals surface area (Å²) in [6.45, 7) is 3.79. The molecule has 0 saturated carbocycles. The lowest BCUT2D eigenvalue weighted by Crippen LogP contribution is -2.10. The number of methoxy groups -OCH3 is 2. The van der Waals surface area contributed by atoms with Crippen molar-refractivity contribution in [1.82, 2.24) is 14.8 Å². The van der Waals surface area contributed by atoms with E-state index < -0.39 is 0 Å². The monoisotopic (exact) mass is 429 g/mol. The summed E-state index contributed by atoms with van der Waals surface area (Å²) >= 11 is 0. The van der Waals surface area contributed by atoms with Crippen molar-refractivity contribution in [2.24, 2.45) is 0 Å². The average Bonchev–Trinajstić information content (AvgIpc) is 3.18. The third-order valence-electron chi connectivity index (χ3n) is 5.28. The number of hydrogen-bond donors (Lipinski definition) is 1. The molecule has 7 heteroatoms. The molecule has 0 aliphatic rings. The number of ether oxygens (including phenoxy) is 2. The van der Waals surface area contributed by atoms with Crippen LogP contribution in [0, 0.1) is 13.8 Å². The second kappa shape index (κ2) is 8.55. The van der Waals surface area contributed by atoms with E-state index in [1.54, 1.807) is 31.0 Å². The summed E-state index contributed by atoms with van der Waals surface area (Å²) in [4.78, 5) is 27.9. The lowest BCUT2D eigenvalue weighted by Gasteiger charge is -2.09. The summed E-state index contributed by atoms with van der Waals surface area (Å²) < 4.78 is 12.2. The molecule has 2 heterocycles. The number of H-pyrrole nitrogens is 1. The van der Waals surface area contributed by atoms with Gasteiger partial charge in [0.15, 0.2) is 5.78 Å². The predicted octanol–water partition coefficient (Wildman–Crippen LogP) is 4.24. The molecule has 4 aromatic rings. The number of carbonyl (C=O) groups excluding carboxylic acids is 1. The van der Waals surface area contributed by atoms with Gasteiger partial charge in [-0.25, -0.2) is 4.68 Å². The van der Waals surface area contributed by atoms with Crippen LogP contribution in [0.1, 0.15) is 27.2 Å². The van der Waals surface area contributed by atoms with Crippen LogP contribution in [0.3, 0.4) is 0 Å². The van der Waals surface area contributed by atoms with Gasteiger partial charge >= 0.3 is 0 Å². The second-order valence-corrected chi connectivity index (χ2v) is 7.47. The number of fused-ring (bicyclic) bond motifs is 1. The average molecular weight is 429 g/mol. The Kier molecular flexibility index (Phi) is 5.64. The highest BCUT2D eigenvalue weighted by Crippen LogP contribution is 2.25. The van der Waals surface area contributed by atoms with Gasteiger partial charge in [0.05, 0.1) is 42.9 Å². The molecule has 7 nitrogen and oxygen atoms in total. The molecule has 4 rings (SSSR count). The minimum atomic E-state index is -0.231. The Morgan fingerprint density at radius 1 is 1.03 bits per heavy atom. The summed E-state index contributed by atoms with van der Waals surface area (Å²) in [6, 6.07) is 12.7. The number of ketones is 1. The number of benzene rings is 2. The van der Waals surface area contributed by atoms with Gasteiger partial charge in [0.1, 0.15) is 11.5 Å². The largest absolute Gasteiger partial charge is 0.497 e. The summed E-state index contributed by atoms with van der Waals surface area (Å²) in [7, 11) is 3.15. The molecule has 0 bridgehead atoms. The molecule has 1 N–H and O–H groups in total. The molecule has 0 unspecified atom stereocenters. The predicted molar refractivity (Wildman–Crippen MR) is 124 cm³/mol. The molecule has 2 aromatic carbocycles. The number of nitrogens with one attached hydrogen (secondary N) is 1. The molecule has 0 atom stereocenters. The van der Waals surface area contributed by atoms with Crippen molar-refractivity contribution in [1.29, 1.82) is 0 Å². The van der Waals surface area contributed by atoms with E-state index in [1.807, 2.05) is 44.2 Å². The lowest BCUT2D eigenvalue weighted by atomic mass is 10.1. The van der Waals surface area contributed by atoms with Crippen LogP contribution in [0.15, 0.2) is 59.5 Å². The van der Waals surface area contributed by atoms with Crippen LogP contribution in [-0.2, 0) is 0 Å². The number of allylic oxidation sites excluding steroid dienone is 1. The van der Waals surface area contributed by atoms with E-state index in [4.69, 9.17) is 9.47 Å². The normalized spacial score (nSPS) is 11.2. The molecule has 0 amide bonds. The van der Waals surface area contributed by atoms with Crippen LogP contribution in [-0.4, -0.2) is 34.8 Å². The van der Waals surface area contributed by atoms with Crippen molar-refractivity contribution in [2.45, 2.75) is 13.8 Å². The van der Waals surface area contributed by atoms with E-state index in [0.29, 0.717) is 34.0 Å². The Bertz CT molecular complexity index is 1390. The number of aromatic amines is 1. The first-order valence-corrected chi connectivity index (χ1v) is 10.0. The second-order valence-electron chi connectivity index (χ2n) is 7.47. The molecule has 0 fully saturated rings. The zero-order valence-corrected chi connectivity index (χ0v) is 18.3. The van der Waals surface area contributed by atoms with Crippen molar-refractivity contribution >= 4 is 22.8 Å². The molecule has 0 spiro atoms. The fourth-order valence-electron chi connectivity index (χ4n) is 3.61. The van der Waals surface area contributed by atoms with Crippen molar-refractivity contribution in [2.75, 3.05) is 14.2 Å². The Labute approximate surface area is 184 Å².